The largest absolute Gasteiger partial charge is 0.489 e. The van der Waals surface area contributed by atoms with Crippen LogP contribution in [0.15, 0.2) is 67.3 Å². The third kappa shape index (κ3) is 6.32. The zero-order chi connectivity index (χ0) is 16.3. The fourth-order valence-electron chi connectivity index (χ4n) is 1.83. The van der Waals surface area contributed by atoms with Gasteiger partial charge in [0.15, 0.2) is 6.21 Å². The molecule has 5 heteroatoms. The summed E-state index contributed by atoms with van der Waals surface area (Å²) in [5, 5.41) is 6.42. The Hall–Kier alpha value is -2.66. The van der Waals surface area contributed by atoms with E-state index in [-0.39, 0.29) is 0 Å². The van der Waals surface area contributed by atoms with Crippen LogP contribution in [0.5, 0.6) is 5.75 Å². The summed E-state index contributed by atoms with van der Waals surface area (Å²) in [5.41, 5.74) is 4.99. The van der Waals surface area contributed by atoms with Gasteiger partial charge in [0.05, 0.1) is 0 Å². The molecule has 0 spiro atoms. The molecule has 0 aromatic heterocycles. The van der Waals surface area contributed by atoms with E-state index in [9.17, 15) is 0 Å². The van der Waals surface area contributed by atoms with Crippen LogP contribution in [0, 0.1) is 0 Å². The first-order chi connectivity index (χ1) is 11.3. The van der Waals surface area contributed by atoms with Crippen molar-refractivity contribution >= 4 is 23.5 Å². The second-order valence-corrected chi connectivity index (χ2v) is 5.17. The first-order valence-electron chi connectivity index (χ1n) is 7.28. The Labute approximate surface area is 141 Å². The molecular formula is C18H20N3OS+. The Bertz CT molecular complexity index is 671. The van der Waals surface area contributed by atoms with Crippen LogP contribution < -0.4 is 20.6 Å². The second-order valence-electron chi connectivity index (χ2n) is 4.76. The summed E-state index contributed by atoms with van der Waals surface area (Å²) in [6, 6.07) is 17.9. The number of ether oxygens (including phenoxy) is 1. The van der Waals surface area contributed by atoms with Crippen molar-refractivity contribution in [1.29, 1.82) is 0 Å². The smallest absolute Gasteiger partial charge is 0.224 e. The summed E-state index contributed by atoms with van der Waals surface area (Å²) < 4.78 is 5.80. The molecule has 0 fully saturated rings. The average molecular weight is 326 g/mol. The van der Waals surface area contributed by atoms with Crippen LogP contribution in [0.4, 0.5) is 0 Å². The number of hydrazine groups is 1. The first-order valence-corrected chi connectivity index (χ1v) is 7.69. The van der Waals surface area contributed by atoms with Gasteiger partial charge in [-0.3, -0.25) is 0 Å². The van der Waals surface area contributed by atoms with Crippen molar-refractivity contribution in [3.05, 3.63) is 78.4 Å². The third-order valence-corrected chi connectivity index (χ3v) is 3.18. The minimum Gasteiger partial charge on any atom is -0.489 e. The molecule has 0 aliphatic rings. The van der Waals surface area contributed by atoms with Crippen LogP contribution >= 0.6 is 12.2 Å². The van der Waals surface area contributed by atoms with E-state index >= 15 is 0 Å². The molecule has 23 heavy (non-hydrogen) atoms. The normalized spacial score (nSPS) is 10.3. The maximum atomic E-state index is 5.80. The van der Waals surface area contributed by atoms with Crippen LogP contribution in [0.25, 0.3) is 0 Å². The van der Waals surface area contributed by atoms with Crippen LogP contribution in [0.2, 0.25) is 0 Å². The van der Waals surface area contributed by atoms with E-state index in [1.165, 1.54) is 0 Å². The molecule has 0 bridgehead atoms. The van der Waals surface area contributed by atoms with E-state index in [1.54, 1.807) is 6.08 Å². The van der Waals surface area contributed by atoms with E-state index in [1.807, 2.05) is 60.8 Å². The lowest BCUT2D eigenvalue weighted by molar-refractivity contribution is -0.500. The standard InChI is InChI=1S/C18H19N3OS/c1-2-11-19-18(23)21-20-13-16-9-6-10-17(12-16)22-14-15-7-4-3-5-8-15/h2-10,12-13H,1,11,14H2,(H2,19,21,23)/p+1. The lowest BCUT2D eigenvalue weighted by Gasteiger charge is -2.06. The van der Waals surface area contributed by atoms with E-state index in [2.05, 4.69) is 22.4 Å². The lowest BCUT2D eigenvalue weighted by Crippen LogP contribution is -2.82. The number of benzene rings is 2. The minimum atomic E-state index is 0.512. The van der Waals surface area contributed by atoms with Crippen LogP contribution in [-0.4, -0.2) is 17.9 Å². The Morgan fingerprint density at radius 2 is 2.00 bits per heavy atom. The monoisotopic (exact) mass is 326 g/mol. The maximum absolute atomic E-state index is 5.80. The summed E-state index contributed by atoms with van der Waals surface area (Å²) in [5.74, 6) is 0.816. The van der Waals surface area contributed by atoms with Crippen molar-refractivity contribution < 1.29 is 9.84 Å². The Kier molecular flexibility index (Phi) is 6.81. The molecular weight excluding hydrogens is 306 g/mol. The molecule has 0 saturated carbocycles. The van der Waals surface area contributed by atoms with Crippen molar-refractivity contribution in [2.45, 2.75) is 6.61 Å². The molecule has 0 aliphatic heterocycles. The molecule has 2 aromatic rings. The molecule has 0 saturated heterocycles. The van der Waals surface area contributed by atoms with E-state index < -0.39 is 0 Å². The molecule has 2 rings (SSSR count). The van der Waals surface area contributed by atoms with Crippen LogP contribution in [0.3, 0.4) is 0 Å². The molecule has 0 aliphatic carbocycles. The molecule has 4 nitrogen and oxygen atoms in total. The Morgan fingerprint density at radius 3 is 2.78 bits per heavy atom. The molecule has 0 radical (unpaired) electrons. The van der Waals surface area contributed by atoms with Crippen molar-refractivity contribution in [2.24, 2.45) is 0 Å². The average Bonchev–Trinajstić information content (AvgIpc) is 2.59. The Morgan fingerprint density at radius 1 is 1.17 bits per heavy atom. The maximum Gasteiger partial charge on any atom is 0.224 e. The topological polar surface area (TPSA) is 47.3 Å². The molecule has 0 unspecified atom stereocenters. The summed E-state index contributed by atoms with van der Waals surface area (Å²) >= 11 is 5.08. The van der Waals surface area contributed by atoms with Gasteiger partial charge in [0.2, 0.25) is 5.11 Å². The van der Waals surface area contributed by atoms with Gasteiger partial charge in [-0.1, -0.05) is 42.5 Å². The fraction of sp³-hybridized carbons (Fsp3) is 0.111. The van der Waals surface area contributed by atoms with Gasteiger partial charge in [0.1, 0.15) is 12.4 Å². The summed E-state index contributed by atoms with van der Waals surface area (Å²) in [6.07, 6.45) is 3.56. The van der Waals surface area contributed by atoms with Crippen LogP contribution in [0.1, 0.15) is 11.1 Å². The van der Waals surface area contributed by atoms with E-state index in [0.29, 0.717) is 18.3 Å². The predicted molar refractivity (Wildman–Crippen MR) is 97.3 cm³/mol. The van der Waals surface area contributed by atoms with Crippen LogP contribution in [-0.2, 0) is 6.61 Å². The van der Waals surface area contributed by atoms with Gasteiger partial charge in [-0.2, -0.15) is 0 Å². The quantitative estimate of drug-likeness (QED) is 0.311. The Balaban J connectivity index is 1.86. The van der Waals surface area contributed by atoms with Gasteiger partial charge in [-0.25, -0.2) is 0 Å². The summed E-state index contributed by atoms with van der Waals surface area (Å²) in [4.78, 5) is 0. The fourth-order valence-corrected chi connectivity index (χ4v) is 1.97. The zero-order valence-corrected chi connectivity index (χ0v) is 13.6. The van der Waals surface area contributed by atoms with Crippen molar-refractivity contribution in [1.82, 2.24) is 10.7 Å². The number of hydrazone groups is 1. The van der Waals surface area contributed by atoms with Crippen molar-refractivity contribution in [3.63, 3.8) is 0 Å². The molecule has 0 heterocycles. The highest BCUT2D eigenvalue weighted by Gasteiger charge is 1.99. The second kappa shape index (κ2) is 9.38. The highest BCUT2D eigenvalue weighted by atomic mass is 32.1. The van der Waals surface area contributed by atoms with E-state index in [4.69, 9.17) is 17.0 Å². The van der Waals surface area contributed by atoms with Gasteiger partial charge in [-0.05, 0) is 36.0 Å². The number of rotatable bonds is 7. The molecule has 0 atom stereocenters. The third-order valence-electron chi connectivity index (χ3n) is 2.94. The number of hydrogen-bond acceptors (Lipinski definition) is 2. The molecule has 0 amide bonds. The highest BCUT2D eigenvalue weighted by molar-refractivity contribution is 7.80. The molecule has 3 N–H and O–H groups in total. The highest BCUT2D eigenvalue weighted by Crippen LogP contribution is 2.13. The van der Waals surface area contributed by atoms with Gasteiger partial charge in [-0.15, -0.1) is 17.1 Å². The van der Waals surface area contributed by atoms with Gasteiger partial charge < -0.3 is 10.1 Å². The lowest BCUT2D eigenvalue weighted by atomic mass is 10.2. The molecule has 2 aromatic carbocycles. The van der Waals surface area contributed by atoms with Gasteiger partial charge >= 0.3 is 0 Å². The van der Waals surface area contributed by atoms with Crippen molar-refractivity contribution in [2.75, 3.05) is 6.54 Å². The van der Waals surface area contributed by atoms with Crippen molar-refractivity contribution in [3.8, 4) is 5.75 Å². The van der Waals surface area contributed by atoms with Gasteiger partial charge in [0.25, 0.3) is 0 Å². The predicted octanol–water partition coefficient (Wildman–Crippen LogP) is 1.33. The number of hydrogen-bond donors (Lipinski definition) is 3. The summed E-state index contributed by atoms with van der Waals surface area (Å²) in [7, 11) is 0. The minimum absolute atomic E-state index is 0.512. The molecule has 118 valence electrons. The van der Waals surface area contributed by atoms with Gasteiger partial charge in [0, 0.05) is 12.1 Å². The SMILES string of the molecule is C=CCNC(=S)N[NH+]=Cc1cccc(OCc2ccccc2)c1. The number of thiocarbonyl (C=S) groups is 1. The summed E-state index contributed by atoms with van der Waals surface area (Å²) in [6.45, 7) is 4.79. The zero-order valence-electron chi connectivity index (χ0n) is 12.8. The number of nitrogens with one attached hydrogen (secondary N) is 3. The first kappa shape index (κ1) is 16.7. The van der Waals surface area contributed by atoms with E-state index in [0.717, 1.165) is 16.9 Å².